The quantitative estimate of drug-likeness (QED) is 0.531. The van der Waals surface area contributed by atoms with Crippen LogP contribution in [0.5, 0.6) is 0 Å². The first-order valence-corrected chi connectivity index (χ1v) is 12.7. The third kappa shape index (κ3) is 5.06. The van der Waals surface area contributed by atoms with Crippen LogP contribution in [-0.2, 0) is 22.6 Å². The molecule has 2 aliphatic heterocycles. The molecular formula is C24H27F2N5O3S. The number of carbonyl (C=O) groups excluding carboxylic acids is 1. The number of thiazole rings is 1. The molecule has 2 saturated heterocycles. The molecule has 11 heteroatoms. The van der Waals surface area contributed by atoms with Crippen molar-refractivity contribution in [1.29, 1.82) is 0 Å². The van der Waals surface area contributed by atoms with E-state index in [-0.39, 0.29) is 28.7 Å². The Morgan fingerprint density at radius 2 is 1.94 bits per heavy atom. The highest BCUT2D eigenvalue weighted by Gasteiger charge is 2.33. The zero-order valence-electron chi connectivity index (χ0n) is 19.2. The van der Waals surface area contributed by atoms with Crippen molar-refractivity contribution in [3.8, 4) is 0 Å². The molecule has 4 heterocycles. The van der Waals surface area contributed by atoms with E-state index in [1.807, 2.05) is 35.2 Å². The van der Waals surface area contributed by atoms with E-state index in [4.69, 9.17) is 4.74 Å². The predicted octanol–water partition coefficient (Wildman–Crippen LogP) is 3.50. The van der Waals surface area contributed by atoms with Gasteiger partial charge in [-0.05, 0) is 37.2 Å². The summed E-state index contributed by atoms with van der Waals surface area (Å²) in [6, 6.07) is 9.20. The standard InChI is InChI=1S/C24H27F2N5O3S/c25-19(26)20-29-22-18(23(33)31(20)14-16-8-11-34-12-9-16)28-24(35-22)30-10-4-7-17(30)21(32)27-13-15-5-2-1-3-6-15/h1-3,5-6,16-17,19H,4,7-14H2,(H,27,32)/t17-/m1/s1. The monoisotopic (exact) mass is 503 g/mol. The Bertz CT molecular complexity index is 1240. The lowest BCUT2D eigenvalue weighted by Gasteiger charge is -2.23. The second kappa shape index (κ2) is 10.4. The summed E-state index contributed by atoms with van der Waals surface area (Å²) in [4.78, 5) is 36.9. The van der Waals surface area contributed by atoms with Crippen LogP contribution in [0.4, 0.5) is 13.9 Å². The van der Waals surface area contributed by atoms with Crippen LogP contribution >= 0.6 is 11.3 Å². The maximum absolute atomic E-state index is 13.9. The summed E-state index contributed by atoms with van der Waals surface area (Å²) in [7, 11) is 0. The van der Waals surface area contributed by atoms with Crippen LogP contribution in [0.1, 0.15) is 43.5 Å². The summed E-state index contributed by atoms with van der Waals surface area (Å²) in [5.74, 6) is -0.570. The van der Waals surface area contributed by atoms with Crippen molar-refractivity contribution >= 4 is 32.7 Å². The van der Waals surface area contributed by atoms with Gasteiger partial charge in [0.1, 0.15) is 6.04 Å². The minimum absolute atomic E-state index is 0.0765. The number of nitrogens with one attached hydrogen (secondary N) is 1. The van der Waals surface area contributed by atoms with Crippen molar-refractivity contribution in [2.45, 2.75) is 51.2 Å². The minimum Gasteiger partial charge on any atom is -0.381 e. The van der Waals surface area contributed by atoms with Gasteiger partial charge in [0, 0.05) is 32.8 Å². The van der Waals surface area contributed by atoms with E-state index < -0.39 is 23.9 Å². The van der Waals surface area contributed by atoms with Gasteiger partial charge < -0.3 is 15.0 Å². The molecule has 1 aromatic carbocycles. The Balaban J connectivity index is 1.40. The molecule has 0 aliphatic carbocycles. The van der Waals surface area contributed by atoms with E-state index in [1.54, 1.807) is 0 Å². The summed E-state index contributed by atoms with van der Waals surface area (Å²) in [6.45, 7) is 2.30. The first-order valence-electron chi connectivity index (χ1n) is 11.9. The van der Waals surface area contributed by atoms with E-state index in [0.29, 0.717) is 50.7 Å². The molecule has 2 fully saturated rings. The van der Waals surface area contributed by atoms with Gasteiger partial charge in [0.2, 0.25) is 5.91 Å². The minimum atomic E-state index is -2.87. The van der Waals surface area contributed by atoms with Crippen molar-refractivity contribution in [2.24, 2.45) is 5.92 Å². The van der Waals surface area contributed by atoms with Gasteiger partial charge in [0.15, 0.2) is 21.3 Å². The molecule has 0 bridgehead atoms. The van der Waals surface area contributed by atoms with Crippen LogP contribution in [0, 0.1) is 5.92 Å². The summed E-state index contributed by atoms with van der Waals surface area (Å²) in [6.07, 6.45) is -0.00390. The van der Waals surface area contributed by atoms with E-state index in [0.717, 1.165) is 27.9 Å². The number of alkyl halides is 2. The van der Waals surface area contributed by atoms with Crippen LogP contribution in [0.2, 0.25) is 0 Å². The Kier molecular flexibility index (Phi) is 7.05. The Hall–Kier alpha value is -2.92. The van der Waals surface area contributed by atoms with E-state index in [1.165, 1.54) is 0 Å². The average molecular weight is 504 g/mol. The van der Waals surface area contributed by atoms with Crippen molar-refractivity contribution < 1.29 is 18.3 Å². The lowest BCUT2D eigenvalue weighted by Crippen LogP contribution is -2.43. The van der Waals surface area contributed by atoms with Gasteiger partial charge in [-0.25, -0.2) is 18.7 Å². The highest BCUT2D eigenvalue weighted by atomic mass is 32.1. The molecule has 1 atom stereocenters. The van der Waals surface area contributed by atoms with E-state index >= 15 is 0 Å². The van der Waals surface area contributed by atoms with Crippen molar-refractivity contribution in [1.82, 2.24) is 19.9 Å². The van der Waals surface area contributed by atoms with Crippen LogP contribution in [0.3, 0.4) is 0 Å². The number of fused-ring (bicyclic) bond motifs is 1. The molecular weight excluding hydrogens is 476 g/mol. The number of nitrogens with zero attached hydrogens (tertiary/aromatic N) is 4. The lowest BCUT2D eigenvalue weighted by molar-refractivity contribution is -0.122. The molecule has 0 spiro atoms. The normalized spacial score (nSPS) is 19.1. The molecule has 0 radical (unpaired) electrons. The molecule has 2 aliphatic rings. The van der Waals surface area contributed by atoms with Crippen LogP contribution in [0.15, 0.2) is 35.1 Å². The molecule has 3 aromatic rings. The summed E-state index contributed by atoms with van der Waals surface area (Å²) >= 11 is 1.09. The Morgan fingerprint density at radius 3 is 2.69 bits per heavy atom. The van der Waals surface area contributed by atoms with Crippen LogP contribution < -0.4 is 15.8 Å². The zero-order valence-corrected chi connectivity index (χ0v) is 20.0. The molecule has 1 amide bonds. The number of halogens is 2. The number of carbonyl (C=O) groups is 1. The molecule has 1 N–H and O–H groups in total. The maximum Gasteiger partial charge on any atom is 0.295 e. The fraction of sp³-hybridized carbons (Fsp3) is 0.500. The number of benzene rings is 1. The highest BCUT2D eigenvalue weighted by Crippen LogP contribution is 2.33. The summed E-state index contributed by atoms with van der Waals surface area (Å²) in [5.41, 5.74) is 0.527. The van der Waals surface area contributed by atoms with Crippen molar-refractivity contribution in [2.75, 3.05) is 24.7 Å². The van der Waals surface area contributed by atoms with Crippen molar-refractivity contribution in [3.63, 3.8) is 0 Å². The molecule has 0 saturated carbocycles. The predicted molar refractivity (Wildman–Crippen MR) is 129 cm³/mol. The van der Waals surface area contributed by atoms with E-state index in [9.17, 15) is 18.4 Å². The highest BCUT2D eigenvalue weighted by molar-refractivity contribution is 7.21. The second-order valence-corrected chi connectivity index (χ2v) is 9.90. The number of hydrogen-bond donors (Lipinski definition) is 1. The van der Waals surface area contributed by atoms with Gasteiger partial charge in [0.25, 0.3) is 12.0 Å². The summed E-state index contributed by atoms with van der Waals surface area (Å²) in [5, 5.41) is 3.43. The lowest BCUT2D eigenvalue weighted by atomic mass is 10.0. The number of aromatic nitrogens is 3. The average Bonchev–Trinajstić information content (AvgIpc) is 3.53. The topological polar surface area (TPSA) is 89.4 Å². The van der Waals surface area contributed by atoms with Gasteiger partial charge >= 0.3 is 0 Å². The fourth-order valence-electron chi connectivity index (χ4n) is 4.74. The van der Waals surface area contributed by atoms with Gasteiger partial charge in [0.05, 0.1) is 0 Å². The molecule has 5 rings (SSSR count). The van der Waals surface area contributed by atoms with Gasteiger partial charge in [-0.1, -0.05) is 41.7 Å². The first-order chi connectivity index (χ1) is 17.0. The number of amides is 1. The summed E-state index contributed by atoms with van der Waals surface area (Å²) < 4.78 is 34.2. The number of anilines is 1. The number of rotatable bonds is 7. The zero-order chi connectivity index (χ0) is 24.4. The van der Waals surface area contributed by atoms with Crippen LogP contribution in [-0.4, -0.2) is 46.2 Å². The van der Waals surface area contributed by atoms with Gasteiger partial charge in [-0.15, -0.1) is 0 Å². The molecule has 186 valence electrons. The maximum atomic E-state index is 13.9. The smallest absolute Gasteiger partial charge is 0.295 e. The molecule has 35 heavy (non-hydrogen) atoms. The van der Waals surface area contributed by atoms with Gasteiger partial charge in [-0.2, -0.15) is 0 Å². The number of hydrogen-bond acceptors (Lipinski definition) is 7. The fourth-order valence-corrected chi connectivity index (χ4v) is 5.75. The van der Waals surface area contributed by atoms with Crippen molar-refractivity contribution in [3.05, 3.63) is 52.1 Å². The third-order valence-electron chi connectivity index (χ3n) is 6.63. The van der Waals surface area contributed by atoms with Crippen LogP contribution in [0.25, 0.3) is 10.3 Å². The molecule has 8 nitrogen and oxygen atoms in total. The largest absolute Gasteiger partial charge is 0.381 e. The number of ether oxygens (including phenoxy) is 1. The Morgan fingerprint density at radius 1 is 1.17 bits per heavy atom. The molecule has 2 aromatic heterocycles. The third-order valence-corrected chi connectivity index (χ3v) is 7.61. The van der Waals surface area contributed by atoms with E-state index in [2.05, 4.69) is 15.3 Å². The SMILES string of the molecule is O=C(NCc1ccccc1)[C@H]1CCCN1c1nc2c(=O)n(CC3CCOCC3)c(C(F)F)nc2s1. The molecule has 0 unspecified atom stereocenters. The second-order valence-electron chi connectivity index (χ2n) is 8.95. The Labute approximate surface area is 204 Å². The first kappa shape index (κ1) is 23.8. The van der Waals surface area contributed by atoms with Gasteiger partial charge in [-0.3, -0.25) is 14.2 Å².